The van der Waals surface area contributed by atoms with E-state index in [1.54, 1.807) is 6.20 Å². The molecule has 0 aliphatic carbocycles. The second-order valence-electron chi connectivity index (χ2n) is 4.63. The highest BCUT2D eigenvalue weighted by Gasteiger charge is 2.10. The topological polar surface area (TPSA) is 39.9 Å². The molecule has 0 amide bonds. The van der Waals surface area contributed by atoms with Crippen LogP contribution in [0.5, 0.6) is 5.75 Å². The van der Waals surface area contributed by atoms with Crippen molar-refractivity contribution in [1.82, 2.24) is 14.5 Å². The van der Waals surface area contributed by atoms with E-state index in [-0.39, 0.29) is 0 Å². The Morgan fingerprint density at radius 1 is 1.10 bits per heavy atom. The second-order valence-corrected chi connectivity index (χ2v) is 5.00. The fraction of sp³-hybridized carbons (Fsp3) is 0.250. The quantitative estimate of drug-likeness (QED) is 0.656. The zero-order valence-corrected chi connectivity index (χ0v) is 12.3. The van der Waals surface area contributed by atoms with E-state index < -0.39 is 0 Å². The van der Waals surface area contributed by atoms with Gasteiger partial charge in [0.15, 0.2) is 5.65 Å². The van der Waals surface area contributed by atoms with Gasteiger partial charge >= 0.3 is 0 Å². The molecule has 0 aliphatic rings. The van der Waals surface area contributed by atoms with Gasteiger partial charge in [-0.1, -0.05) is 18.2 Å². The molecular weight excluding hydrogens is 286 g/mol. The highest BCUT2D eigenvalue weighted by Crippen LogP contribution is 2.15. The Morgan fingerprint density at radius 3 is 2.76 bits per heavy atom. The Balaban J connectivity index is 1.77. The number of alkyl halides is 1. The minimum atomic E-state index is 0.545. The van der Waals surface area contributed by atoms with E-state index in [0.29, 0.717) is 19.0 Å². The van der Waals surface area contributed by atoms with Crippen LogP contribution in [0.3, 0.4) is 0 Å². The van der Waals surface area contributed by atoms with Crippen molar-refractivity contribution >= 4 is 22.8 Å². The van der Waals surface area contributed by atoms with Gasteiger partial charge in [-0.05, 0) is 24.3 Å². The first kappa shape index (κ1) is 13.9. The molecular formula is C16H16ClN3O. The molecule has 3 rings (SSSR count). The standard InChI is InChI=1S/C16H16ClN3O/c17-9-8-15-19-14-7-4-10-18-16(14)20(15)11-12-21-13-5-2-1-3-6-13/h1-7,10H,8-9,11-12H2. The lowest BCUT2D eigenvalue weighted by molar-refractivity contribution is 0.298. The number of rotatable bonds is 6. The molecule has 2 heterocycles. The van der Waals surface area contributed by atoms with Gasteiger partial charge in [-0.15, -0.1) is 11.6 Å². The number of hydrogen-bond donors (Lipinski definition) is 0. The SMILES string of the molecule is ClCCc1nc2cccnc2n1CCOc1ccccc1. The van der Waals surface area contributed by atoms with Crippen LogP contribution in [0.1, 0.15) is 5.82 Å². The Kier molecular flexibility index (Phi) is 4.36. The van der Waals surface area contributed by atoms with Crippen LogP contribution in [0.15, 0.2) is 48.7 Å². The third-order valence-electron chi connectivity index (χ3n) is 3.23. The second kappa shape index (κ2) is 6.59. The summed E-state index contributed by atoms with van der Waals surface area (Å²) in [7, 11) is 0. The first-order valence-corrected chi connectivity index (χ1v) is 7.46. The number of halogens is 1. The summed E-state index contributed by atoms with van der Waals surface area (Å²) in [5.74, 6) is 2.37. The lowest BCUT2D eigenvalue weighted by Crippen LogP contribution is -2.12. The minimum Gasteiger partial charge on any atom is -0.492 e. The molecule has 0 spiro atoms. The largest absolute Gasteiger partial charge is 0.492 e. The summed E-state index contributed by atoms with van der Waals surface area (Å²) in [6.07, 6.45) is 2.51. The maximum absolute atomic E-state index is 5.86. The average Bonchev–Trinajstić information content (AvgIpc) is 2.87. The van der Waals surface area contributed by atoms with Gasteiger partial charge in [0.1, 0.15) is 23.7 Å². The number of fused-ring (bicyclic) bond motifs is 1. The Bertz CT molecular complexity index is 712. The van der Waals surface area contributed by atoms with Crippen molar-refractivity contribution in [2.24, 2.45) is 0 Å². The van der Waals surface area contributed by atoms with Gasteiger partial charge < -0.3 is 9.30 Å². The van der Waals surface area contributed by atoms with Gasteiger partial charge in [-0.3, -0.25) is 0 Å². The number of aryl methyl sites for hydroxylation is 1. The maximum atomic E-state index is 5.86. The Hall–Kier alpha value is -2.07. The van der Waals surface area contributed by atoms with Crippen LogP contribution in [0.2, 0.25) is 0 Å². The number of benzene rings is 1. The van der Waals surface area contributed by atoms with E-state index in [2.05, 4.69) is 14.5 Å². The molecule has 0 fully saturated rings. The number of ether oxygens (including phenoxy) is 1. The molecule has 0 atom stereocenters. The Morgan fingerprint density at radius 2 is 1.95 bits per heavy atom. The zero-order valence-electron chi connectivity index (χ0n) is 11.6. The van der Waals surface area contributed by atoms with Crippen molar-refractivity contribution in [3.05, 3.63) is 54.5 Å². The van der Waals surface area contributed by atoms with Crippen LogP contribution in [-0.4, -0.2) is 27.0 Å². The fourth-order valence-electron chi connectivity index (χ4n) is 2.29. The van der Waals surface area contributed by atoms with Crippen molar-refractivity contribution in [2.45, 2.75) is 13.0 Å². The number of hydrogen-bond acceptors (Lipinski definition) is 3. The van der Waals surface area contributed by atoms with Crippen molar-refractivity contribution in [3.8, 4) is 5.75 Å². The molecule has 108 valence electrons. The first-order valence-electron chi connectivity index (χ1n) is 6.92. The van der Waals surface area contributed by atoms with Crippen LogP contribution >= 0.6 is 11.6 Å². The first-order chi connectivity index (χ1) is 10.4. The molecule has 2 aromatic heterocycles. The van der Waals surface area contributed by atoms with Crippen LogP contribution in [0.25, 0.3) is 11.2 Å². The smallest absolute Gasteiger partial charge is 0.160 e. The highest BCUT2D eigenvalue weighted by atomic mass is 35.5. The van der Waals surface area contributed by atoms with E-state index >= 15 is 0 Å². The normalized spacial score (nSPS) is 10.9. The van der Waals surface area contributed by atoms with Crippen LogP contribution in [0, 0.1) is 0 Å². The summed E-state index contributed by atoms with van der Waals surface area (Å²) < 4.78 is 7.84. The van der Waals surface area contributed by atoms with Crippen molar-refractivity contribution in [1.29, 1.82) is 0 Å². The van der Waals surface area contributed by atoms with E-state index in [4.69, 9.17) is 16.3 Å². The summed E-state index contributed by atoms with van der Waals surface area (Å²) in [4.78, 5) is 9.00. The molecule has 21 heavy (non-hydrogen) atoms. The summed E-state index contributed by atoms with van der Waals surface area (Å²) >= 11 is 5.86. The number of nitrogens with zero attached hydrogens (tertiary/aromatic N) is 3. The summed E-state index contributed by atoms with van der Waals surface area (Å²) in [6, 6.07) is 13.6. The lowest BCUT2D eigenvalue weighted by Gasteiger charge is -2.09. The van der Waals surface area contributed by atoms with Gasteiger partial charge in [0, 0.05) is 18.5 Å². The van der Waals surface area contributed by atoms with Crippen molar-refractivity contribution in [3.63, 3.8) is 0 Å². The number of aromatic nitrogens is 3. The van der Waals surface area contributed by atoms with Gasteiger partial charge in [0.25, 0.3) is 0 Å². The van der Waals surface area contributed by atoms with Gasteiger partial charge in [0.2, 0.25) is 0 Å². The molecule has 3 aromatic rings. The van der Waals surface area contributed by atoms with E-state index in [1.165, 1.54) is 0 Å². The molecule has 0 unspecified atom stereocenters. The maximum Gasteiger partial charge on any atom is 0.160 e. The van der Waals surface area contributed by atoms with Gasteiger partial charge in [-0.25, -0.2) is 9.97 Å². The molecule has 1 aromatic carbocycles. The molecule has 4 nitrogen and oxygen atoms in total. The van der Waals surface area contributed by atoms with Gasteiger partial charge in [-0.2, -0.15) is 0 Å². The van der Waals surface area contributed by atoms with Crippen LogP contribution < -0.4 is 4.74 Å². The number of imidazole rings is 1. The summed E-state index contributed by atoms with van der Waals surface area (Å²) in [5.41, 5.74) is 1.78. The highest BCUT2D eigenvalue weighted by molar-refractivity contribution is 6.17. The predicted octanol–water partition coefficient (Wildman–Crippen LogP) is 3.29. The van der Waals surface area contributed by atoms with E-state index in [9.17, 15) is 0 Å². The number of pyridine rings is 1. The zero-order chi connectivity index (χ0) is 14.5. The fourth-order valence-corrected chi connectivity index (χ4v) is 2.46. The lowest BCUT2D eigenvalue weighted by atomic mass is 10.3. The minimum absolute atomic E-state index is 0.545. The number of para-hydroxylation sites is 1. The molecule has 0 saturated heterocycles. The predicted molar refractivity (Wildman–Crippen MR) is 83.9 cm³/mol. The van der Waals surface area contributed by atoms with E-state index in [1.807, 2.05) is 42.5 Å². The van der Waals surface area contributed by atoms with Crippen LogP contribution in [0.4, 0.5) is 0 Å². The third-order valence-corrected chi connectivity index (χ3v) is 3.42. The molecule has 0 saturated carbocycles. The van der Waals surface area contributed by atoms with Crippen LogP contribution in [-0.2, 0) is 13.0 Å². The molecule has 0 radical (unpaired) electrons. The Labute approximate surface area is 128 Å². The summed E-state index contributed by atoms with van der Waals surface area (Å²) in [5, 5.41) is 0. The van der Waals surface area contributed by atoms with E-state index in [0.717, 1.165) is 29.2 Å². The monoisotopic (exact) mass is 301 g/mol. The molecule has 0 bridgehead atoms. The van der Waals surface area contributed by atoms with Gasteiger partial charge in [0.05, 0.1) is 6.54 Å². The average molecular weight is 302 g/mol. The molecule has 0 N–H and O–H groups in total. The third kappa shape index (κ3) is 3.16. The summed E-state index contributed by atoms with van der Waals surface area (Å²) in [6.45, 7) is 1.27. The van der Waals surface area contributed by atoms with Crippen molar-refractivity contribution in [2.75, 3.05) is 12.5 Å². The molecule has 5 heteroatoms. The molecule has 0 aliphatic heterocycles. The van der Waals surface area contributed by atoms with Crippen molar-refractivity contribution < 1.29 is 4.74 Å².